The van der Waals surface area contributed by atoms with Gasteiger partial charge in [0, 0.05) is 52.1 Å². The first-order valence-electron chi connectivity index (χ1n) is 7.32. The zero-order chi connectivity index (χ0) is 17.3. The van der Waals surface area contributed by atoms with Crippen molar-refractivity contribution < 1.29 is 9.59 Å². The highest BCUT2D eigenvalue weighted by molar-refractivity contribution is 6.06. The average molecular weight is 326 g/mol. The first-order valence-corrected chi connectivity index (χ1v) is 7.32. The number of aromatic nitrogens is 4. The maximum absolute atomic E-state index is 12.4. The molecule has 0 spiro atoms. The Morgan fingerprint density at radius 2 is 1.71 bits per heavy atom. The quantitative estimate of drug-likeness (QED) is 0.763. The van der Waals surface area contributed by atoms with Gasteiger partial charge in [-0.15, -0.1) is 0 Å². The molecule has 124 valence electrons. The van der Waals surface area contributed by atoms with Crippen LogP contribution >= 0.6 is 0 Å². The summed E-state index contributed by atoms with van der Waals surface area (Å²) in [4.78, 5) is 28.5. The van der Waals surface area contributed by atoms with Crippen molar-refractivity contribution in [3.8, 4) is 0 Å². The predicted molar refractivity (Wildman–Crippen MR) is 89.9 cm³/mol. The number of carbonyl (C=O) groups is 2. The van der Waals surface area contributed by atoms with Crippen LogP contribution in [0, 0.1) is 0 Å². The molecule has 3 aromatic heterocycles. The Bertz CT molecular complexity index is 901. The second kappa shape index (κ2) is 6.07. The molecule has 0 radical (unpaired) electrons. The van der Waals surface area contributed by atoms with Gasteiger partial charge < -0.3 is 24.3 Å². The highest BCUT2D eigenvalue weighted by Gasteiger charge is 2.16. The molecule has 3 heterocycles. The van der Waals surface area contributed by atoms with Crippen molar-refractivity contribution in [2.24, 2.45) is 21.1 Å². The van der Waals surface area contributed by atoms with Gasteiger partial charge >= 0.3 is 0 Å². The number of anilines is 2. The summed E-state index contributed by atoms with van der Waals surface area (Å²) in [5.41, 5.74) is 1.68. The molecule has 2 N–H and O–H groups in total. The number of hydrogen-bond donors (Lipinski definition) is 2. The lowest BCUT2D eigenvalue weighted by Gasteiger charge is -2.03. The first kappa shape index (κ1) is 15.6. The smallest absolute Gasteiger partial charge is 0.291 e. The zero-order valence-electron chi connectivity index (χ0n) is 13.6. The van der Waals surface area contributed by atoms with Gasteiger partial charge in [0.25, 0.3) is 11.8 Å². The fraction of sp³-hybridized carbons (Fsp3) is 0.188. The van der Waals surface area contributed by atoms with Gasteiger partial charge in [0.05, 0.1) is 11.4 Å². The third kappa shape index (κ3) is 3.07. The van der Waals surface area contributed by atoms with Crippen LogP contribution in [0.4, 0.5) is 11.4 Å². The Hall–Kier alpha value is -3.29. The molecule has 24 heavy (non-hydrogen) atoms. The molecule has 3 aromatic rings. The van der Waals surface area contributed by atoms with E-state index in [0.29, 0.717) is 22.9 Å². The number of nitrogens with zero attached hydrogens (tertiary/aromatic N) is 4. The molecule has 0 saturated carbocycles. The van der Waals surface area contributed by atoms with Gasteiger partial charge in [-0.05, 0) is 12.1 Å². The molecule has 0 aliphatic rings. The van der Waals surface area contributed by atoms with Crippen LogP contribution in [-0.2, 0) is 21.1 Å². The summed E-state index contributed by atoms with van der Waals surface area (Å²) < 4.78 is 5.13. The highest BCUT2D eigenvalue weighted by Crippen LogP contribution is 2.16. The standard InChI is InChI=1S/C16H18N6O2/c1-20-6-4-11(9-20)18-15(23)13-8-12(10-22(13)3)19-16(24)14-17-5-7-21(14)2/h4-10H,1-3H3,(H,18,23)(H,19,24). The van der Waals surface area contributed by atoms with E-state index in [1.165, 1.54) is 0 Å². The third-order valence-corrected chi connectivity index (χ3v) is 3.61. The van der Waals surface area contributed by atoms with E-state index < -0.39 is 0 Å². The van der Waals surface area contributed by atoms with Crippen LogP contribution in [0.25, 0.3) is 0 Å². The van der Waals surface area contributed by atoms with Crippen molar-refractivity contribution in [2.45, 2.75) is 0 Å². The number of rotatable bonds is 4. The Balaban J connectivity index is 1.74. The number of hydrogen-bond acceptors (Lipinski definition) is 3. The number of carbonyl (C=O) groups excluding carboxylic acids is 2. The zero-order valence-corrected chi connectivity index (χ0v) is 13.6. The predicted octanol–water partition coefficient (Wildman–Crippen LogP) is 1.60. The van der Waals surface area contributed by atoms with Crippen molar-refractivity contribution in [1.82, 2.24) is 18.7 Å². The molecule has 0 bridgehead atoms. The Labute approximate surface area is 138 Å². The second-order valence-electron chi connectivity index (χ2n) is 5.56. The summed E-state index contributed by atoms with van der Waals surface area (Å²) in [6.07, 6.45) is 8.59. The van der Waals surface area contributed by atoms with Gasteiger partial charge in [-0.3, -0.25) is 9.59 Å². The molecule has 8 heteroatoms. The lowest BCUT2D eigenvalue weighted by Crippen LogP contribution is -2.16. The largest absolute Gasteiger partial charge is 0.355 e. The number of aryl methyl sites for hydroxylation is 3. The summed E-state index contributed by atoms with van der Waals surface area (Å²) in [5.74, 6) is -0.279. The number of amides is 2. The molecule has 0 aliphatic heterocycles. The lowest BCUT2D eigenvalue weighted by atomic mass is 10.3. The minimum absolute atomic E-state index is 0.249. The summed E-state index contributed by atoms with van der Waals surface area (Å²) >= 11 is 0. The van der Waals surface area contributed by atoms with Crippen molar-refractivity contribution in [3.05, 3.63) is 54.6 Å². The van der Waals surface area contributed by atoms with Crippen LogP contribution in [0.3, 0.4) is 0 Å². The molecule has 3 rings (SSSR count). The summed E-state index contributed by atoms with van der Waals surface area (Å²) in [5, 5.41) is 5.56. The molecule has 0 unspecified atom stereocenters. The Morgan fingerprint density at radius 1 is 0.958 bits per heavy atom. The average Bonchev–Trinajstić information content (AvgIpc) is 3.20. The molecule has 0 atom stereocenters. The second-order valence-corrected chi connectivity index (χ2v) is 5.56. The maximum Gasteiger partial charge on any atom is 0.291 e. The molecule has 0 saturated heterocycles. The lowest BCUT2D eigenvalue weighted by molar-refractivity contribution is 0.100. The van der Waals surface area contributed by atoms with Gasteiger partial charge in [-0.2, -0.15) is 0 Å². The number of imidazole rings is 1. The van der Waals surface area contributed by atoms with Gasteiger partial charge in [0.15, 0.2) is 5.82 Å². The molecular weight excluding hydrogens is 308 g/mol. The van der Waals surface area contributed by atoms with Crippen LogP contribution in [0.1, 0.15) is 21.1 Å². The molecule has 0 fully saturated rings. The fourth-order valence-electron chi connectivity index (χ4n) is 2.40. The van der Waals surface area contributed by atoms with E-state index in [1.54, 1.807) is 47.9 Å². The van der Waals surface area contributed by atoms with Crippen LogP contribution in [0.5, 0.6) is 0 Å². The fourth-order valence-corrected chi connectivity index (χ4v) is 2.40. The number of nitrogens with one attached hydrogen (secondary N) is 2. The maximum atomic E-state index is 12.4. The van der Waals surface area contributed by atoms with E-state index in [0.717, 1.165) is 0 Å². The van der Waals surface area contributed by atoms with Crippen LogP contribution in [-0.4, -0.2) is 30.5 Å². The first-order chi connectivity index (χ1) is 11.4. The highest BCUT2D eigenvalue weighted by atomic mass is 16.2. The van der Waals surface area contributed by atoms with Crippen molar-refractivity contribution in [1.29, 1.82) is 0 Å². The van der Waals surface area contributed by atoms with Crippen LogP contribution in [0.2, 0.25) is 0 Å². The molecule has 8 nitrogen and oxygen atoms in total. The minimum Gasteiger partial charge on any atom is -0.355 e. The summed E-state index contributed by atoms with van der Waals surface area (Å²) in [6.45, 7) is 0. The van der Waals surface area contributed by atoms with Crippen molar-refractivity contribution in [3.63, 3.8) is 0 Å². The van der Waals surface area contributed by atoms with E-state index in [-0.39, 0.29) is 11.8 Å². The van der Waals surface area contributed by atoms with E-state index >= 15 is 0 Å². The topological polar surface area (TPSA) is 85.9 Å². The summed E-state index contributed by atoms with van der Waals surface area (Å²) in [6, 6.07) is 3.43. The molecule has 0 aromatic carbocycles. The van der Waals surface area contributed by atoms with Crippen LogP contribution in [0.15, 0.2) is 43.1 Å². The molecule has 0 aliphatic carbocycles. The van der Waals surface area contributed by atoms with E-state index in [1.807, 2.05) is 30.1 Å². The minimum atomic E-state index is -0.330. The molecule has 2 amide bonds. The van der Waals surface area contributed by atoms with Gasteiger partial charge in [0.1, 0.15) is 5.69 Å². The van der Waals surface area contributed by atoms with E-state index in [9.17, 15) is 9.59 Å². The Morgan fingerprint density at radius 3 is 2.33 bits per heavy atom. The van der Waals surface area contributed by atoms with E-state index in [2.05, 4.69) is 15.6 Å². The SMILES string of the molecule is Cn1ccc(NC(=O)c2cc(NC(=O)c3nccn3C)cn2C)c1. The van der Waals surface area contributed by atoms with Crippen LogP contribution < -0.4 is 10.6 Å². The Kier molecular flexibility index (Phi) is 3.95. The van der Waals surface area contributed by atoms with Gasteiger partial charge in [0.2, 0.25) is 0 Å². The van der Waals surface area contributed by atoms with E-state index in [4.69, 9.17) is 0 Å². The van der Waals surface area contributed by atoms with Gasteiger partial charge in [-0.1, -0.05) is 0 Å². The van der Waals surface area contributed by atoms with Crippen molar-refractivity contribution >= 4 is 23.2 Å². The monoisotopic (exact) mass is 326 g/mol. The van der Waals surface area contributed by atoms with Crippen molar-refractivity contribution in [2.75, 3.05) is 10.6 Å². The third-order valence-electron chi connectivity index (χ3n) is 3.61. The summed E-state index contributed by atoms with van der Waals surface area (Å²) in [7, 11) is 5.37. The van der Waals surface area contributed by atoms with Gasteiger partial charge in [-0.25, -0.2) is 4.98 Å². The molecular formula is C16H18N6O2. The normalized spacial score (nSPS) is 10.6.